The number of halogens is 2. The SMILES string of the molecule is C[C@@H]1Oc2cc(S(=O)(=O)N3CCN(C(=O)Cc4ccc(F)cc4)CC3)c(Cl)cc2NC1=O. The molecule has 1 fully saturated rings. The first-order chi connectivity index (χ1) is 15.1. The van der Waals surface area contributed by atoms with Crippen LogP contribution in [0.1, 0.15) is 12.5 Å². The van der Waals surface area contributed by atoms with Crippen molar-refractivity contribution >= 4 is 39.1 Å². The number of sulfonamides is 1. The number of carbonyl (C=O) groups is 2. The molecule has 11 heteroatoms. The Morgan fingerprint density at radius 2 is 1.84 bits per heavy atom. The monoisotopic (exact) mass is 481 g/mol. The molecule has 0 spiro atoms. The van der Waals surface area contributed by atoms with E-state index < -0.39 is 16.1 Å². The number of nitrogens with one attached hydrogen (secondary N) is 1. The number of anilines is 1. The molecule has 0 radical (unpaired) electrons. The zero-order chi connectivity index (χ0) is 23.0. The second-order valence-electron chi connectivity index (χ2n) is 7.62. The standard InChI is InChI=1S/C21H21ClFN3O5S/c1-13-21(28)24-17-11-16(22)19(12-18(17)31-13)32(29,30)26-8-6-25(7-9-26)20(27)10-14-2-4-15(23)5-3-14/h2-5,11-13H,6-10H2,1H3,(H,24,28)/t13-/m0/s1. The molecule has 2 aliphatic heterocycles. The van der Waals surface area contributed by atoms with Crippen LogP contribution in [0.25, 0.3) is 0 Å². The average molecular weight is 482 g/mol. The molecule has 1 atom stereocenters. The summed E-state index contributed by atoms with van der Waals surface area (Å²) in [6, 6.07) is 8.37. The highest BCUT2D eigenvalue weighted by Crippen LogP contribution is 2.38. The van der Waals surface area contributed by atoms with E-state index in [4.69, 9.17) is 16.3 Å². The Morgan fingerprint density at radius 1 is 1.19 bits per heavy atom. The predicted octanol–water partition coefficient (Wildman–Crippen LogP) is 2.27. The number of amides is 2. The van der Waals surface area contributed by atoms with E-state index in [1.54, 1.807) is 24.0 Å². The maximum atomic E-state index is 13.2. The second kappa shape index (κ2) is 8.68. The molecule has 1 N–H and O–H groups in total. The maximum absolute atomic E-state index is 13.2. The molecule has 32 heavy (non-hydrogen) atoms. The van der Waals surface area contributed by atoms with Gasteiger partial charge in [0.05, 0.1) is 17.1 Å². The molecular formula is C21H21ClFN3O5S. The summed E-state index contributed by atoms with van der Waals surface area (Å²) in [5.74, 6) is -0.638. The summed E-state index contributed by atoms with van der Waals surface area (Å²) >= 11 is 6.23. The lowest BCUT2D eigenvalue weighted by molar-refractivity contribution is -0.131. The molecule has 2 amide bonds. The van der Waals surface area contributed by atoms with Crippen LogP contribution in [0.2, 0.25) is 5.02 Å². The number of fused-ring (bicyclic) bond motifs is 1. The molecule has 0 saturated carbocycles. The van der Waals surface area contributed by atoms with Crippen molar-refractivity contribution in [2.24, 2.45) is 0 Å². The van der Waals surface area contributed by atoms with E-state index in [0.29, 0.717) is 11.3 Å². The Labute approximate surface area is 189 Å². The van der Waals surface area contributed by atoms with Crippen LogP contribution >= 0.6 is 11.6 Å². The summed E-state index contributed by atoms with van der Waals surface area (Å²) < 4.78 is 46.2. The number of ether oxygens (including phenoxy) is 1. The highest BCUT2D eigenvalue weighted by molar-refractivity contribution is 7.89. The first-order valence-electron chi connectivity index (χ1n) is 9.98. The Bertz CT molecular complexity index is 1160. The van der Waals surface area contributed by atoms with Crippen LogP contribution in [0, 0.1) is 5.82 Å². The molecule has 1 saturated heterocycles. The fourth-order valence-electron chi connectivity index (χ4n) is 3.61. The number of benzene rings is 2. The minimum Gasteiger partial charge on any atom is -0.479 e. The van der Waals surface area contributed by atoms with Gasteiger partial charge in [-0.3, -0.25) is 9.59 Å². The van der Waals surface area contributed by atoms with Gasteiger partial charge in [-0.15, -0.1) is 0 Å². The number of piperazine rings is 1. The van der Waals surface area contributed by atoms with Gasteiger partial charge in [-0.2, -0.15) is 4.31 Å². The molecule has 0 aromatic heterocycles. The van der Waals surface area contributed by atoms with E-state index >= 15 is 0 Å². The Hall–Kier alpha value is -2.69. The van der Waals surface area contributed by atoms with Crippen LogP contribution in [0.5, 0.6) is 5.75 Å². The summed E-state index contributed by atoms with van der Waals surface area (Å²) in [4.78, 5) is 25.8. The van der Waals surface area contributed by atoms with Crippen LogP contribution in [0.3, 0.4) is 0 Å². The predicted molar refractivity (Wildman–Crippen MR) is 116 cm³/mol. The van der Waals surface area contributed by atoms with Gasteiger partial charge in [0.2, 0.25) is 15.9 Å². The normalized spacial score (nSPS) is 19.2. The Morgan fingerprint density at radius 3 is 2.50 bits per heavy atom. The number of nitrogens with zero attached hydrogens (tertiary/aromatic N) is 2. The molecule has 0 unspecified atom stereocenters. The van der Waals surface area contributed by atoms with Crippen molar-refractivity contribution in [1.29, 1.82) is 0 Å². The largest absolute Gasteiger partial charge is 0.479 e. The number of hydrogen-bond donors (Lipinski definition) is 1. The summed E-state index contributed by atoms with van der Waals surface area (Å²) in [6.45, 7) is 2.23. The van der Waals surface area contributed by atoms with Crippen molar-refractivity contribution in [3.05, 3.63) is 52.8 Å². The van der Waals surface area contributed by atoms with Gasteiger partial charge >= 0.3 is 0 Å². The van der Waals surface area contributed by atoms with Gasteiger partial charge in [0, 0.05) is 32.2 Å². The van der Waals surface area contributed by atoms with Crippen molar-refractivity contribution in [1.82, 2.24) is 9.21 Å². The van der Waals surface area contributed by atoms with Crippen molar-refractivity contribution in [3.63, 3.8) is 0 Å². The van der Waals surface area contributed by atoms with Gasteiger partial charge in [-0.1, -0.05) is 23.7 Å². The number of rotatable bonds is 4. The van der Waals surface area contributed by atoms with Crippen LogP contribution < -0.4 is 10.1 Å². The lowest BCUT2D eigenvalue weighted by atomic mass is 10.1. The van der Waals surface area contributed by atoms with Crippen molar-refractivity contribution in [2.45, 2.75) is 24.3 Å². The number of hydrogen-bond acceptors (Lipinski definition) is 5. The van der Waals surface area contributed by atoms with Gasteiger partial charge in [0.1, 0.15) is 16.5 Å². The highest BCUT2D eigenvalue weighted by Gasteiger charge is 2.34. The zero-order valence-corrected chi connectivity index (χ0v) is 18.7. The maximum Gasteiger partial charge on any atom is 0.265 e. The summed E-state index contributed by atoms with van der Waals surface area (Å²) in [7, 11) is -3.94. The van der Waals surface area contributed by atoms with Crippen molar-refractivity contribution in [3.8, 4) is 5.75 Å². The van der Waals surface area contributed by atoms with E-state index in [-0.39, 0.29) is 65.9 Å². The van der Waals surface area contributed by atoms with Gasteiger partial charge in [0.15, 0.2) is 6.10 Å². The van der Waals surface area contributed by atoms with Crippen molar-refractivity contribution < 1.29 is 27.1 Å². The smallest absolute Gasteiger partial charge is 0.265 e. The fourth-order valence-corrected chi connectivity index (χ4v) is 5.55. The van der Waals surface area contributed by atoms with Gasteiger partial charge in [-0.25, -0.2) is 12.8 Å². The molecule has 170 valence electrons. The van der Waals surface area contributed by atoms with E-state index in [2.05, 4.69) is 5.32 Å². The van der Waals surface area contributed by atoms with Gasteiger partial charge in [0.25, 0.3) is 5.91 Å². The molecule has 2 aliphatic rings. The highest BCUT2D eigenvalue weighted by atomic mass is 35.5. The molecule has 4 rings (SSSR count). The van der Waals surface area contributed by atoms with Crippen LogP contribution in [-0.4, -0.2) is 61.7 Å². The topological polar surface area (TPSA) is 96.0 Å². The minimum absolute atomic E-state index is 0.0305. The molecule has 2 aromatic rings. The summed E-state index contributed by atoms with van der Waals surface area (Å²) in [5.41, 5.74) is 1.00. The quantitative estimate of drug-likeness (QED) is 0.722. The third-order valence-corrected chi connectivity index (χ3v) is 7.81. The molecule has 0 aliphatic carbocycles. The van der Waals surface area contributed by atoms with Gasteiger partial charge in [-0.05, 0) is 30.7 Å². The molecule has 2 heterocycles. The summed E-state index contributed by atoms with van der Waals surface area (Å²) in [6.07, 6.45) is -0.639. The summed E-state index contributed by atoms with van der Waals surface area (Å²) in [5, 5.41) is 2.60. The lowest BCUT2D eigenvalue weighted by Gasteiger charge is -2.34. The zero-order valence-electron chi connectivity index (χ0n) is 17.2. The van der Waals surface area contributed by atoms with Crippen molar-refractivity contribution in [2.75, 3.05) is 31.5 Å². The molecule has 8 nitrogen and oxygen atoms in total. The first-order valence-corrected chi connectivity index (χ1v) is 11.8. The van der Waals surface area contributed by atoms with E-state index in [1.165, 1.54) is 28.6 Å². The molecule has 2 aromatic carbocycles. The van der Waals surface area contributed by atoms with E-state index in [1.807, 2.05) is 0 Å². The second-order valence-corrected chi connectivity index (χ2v) is 9.93. The van der Waals surface area contributed by atoms with Gasteiger partial charge < -0.3 is 15.0 Å². The molecular weight excluding hydrogens is 461 g/mol. The third-order valence-electron chi connectivity index (χ3n) is 5.44. The van der Waals surface area contributed by atoms with Crippen LogP contribution in [0.4, 0.5) is 10.1 Å². The Kier molecular flexibility index (Phi) is 6.11. The average Bonchev–Trinajstić information content (AvgIpc) is 2.76. The number of carbonyl (C=O) groups excluding carboxylic acids is 2. The third kappa shape index (κ3) is 4.43. The minimum atomic E-state index is -3.94. The lowest BCUT2D eigenvalue weighted by Crippen LogP contribution is -2.50. The van der Waals surface area contributed by atoms with Crippen LogP contribution in [0.15, 0.2) is 41.3 Å². The first kappa shape index (κ1) is 22.5. The van der Waals surface area contributed by atoms with E-state index in [9.17, 15) is 22.4 Å². The molecule has 0 bridgehead atoms. The fraction of sp³-hybridized carbons (Fsp3) is 0.333. The Balaban J connectivity index is 1.45. The van der Waals surface area contributed by atoms with Crippen LogP contribution in [-0.2, 0) is 26.0 Å². The van der Waals surface area contributed by atoms with E-state index in [0.717, 1.165) is 0 Å².